The zero-order valence-electron chi connectivity index (χ0n) is 15.8. The second kappa shape index (κ2) is 8.00. The molecule has 0 radical (unpaired) electrons. The maximum Gasteiger partial charge on any atom is 0.264 e. The fourth-order valence-corrected chi connectivity index (χ4v) is 3.00. The van der Waals surface area contributed by atoms with Crippen LogP contribution in [0.4, 0.5) is 10.1 Å². The SMILES string of the molecule is Cc1ccc(NC(=O)Cn2cnc3nc(-c4ccc(Cl)cc4)ncc3c2=O)c(F)c1. The molecule has 4 aromatic rings. The smallest absolute Gasteiger partial charge is 0.264 e. The Bertz CT molecular complexity index is 1320. The lowest BCUT2D eigenvalue weighted by Gasteiger charge is -2.09. The molecule has 0 aliphatic carbocycles. The van der Waals surface area contributed by atoms with Gasteiger partial charge in [0.15, 0.2) is 11.5 Å². The summed E-state index contributed by atoms with van der Waals surface area (Å²) in [5, 5.41) is 3.21. The third kappa shape index (κ3) is 4.04. The lowest BCUT2D eigenvalue weighted by atomic mass is 10.2. The third-order valence-electron chi connectivity index (χ3n) is 4.39. The van der Waals surface area contributed by atoms with E-state index in [9.17, 15) is 14.0 Å². The van der Waals surface area contributed by atoms with Gasteiger partial charge < -0.3 is 5.32 Å². The van der Waals surface area contributed by atoms with E-state index in [0.29, 0.717) is 10.8 Å². The Morgan fingerprint density at radius 1 is 1.17 bits per heavy atom. The van der Waals surface area contributed by atoms with Crippen LogP contribution in [0, 0.1) is 12.7 Å². The van der Waals surface area contributed by atoms with Crippen LogP contribution in [-0.4, -0.2) is 25.4 Å². The highest BCUT2D eigenvalue weighted by Crippen LogP contribution is 2.19. The first-order valence-electron chi connectivity index (χ1n) is 8.95. The Balaban J connectivity index is 1.58. The summed E-state index contributed by atoms with van der Waals surface area (Å²) in [6.45, 7) is 1.42. The molecule has 1 amide bonds. The number of hydrogen-bond donors (Lipinski definition) is 1. The summed E-state index contributed by atoms with van der Waals surface area (Å²) >= 11 is 5.89. The molecule has 0 saturated heterocycles. The number of hydrogen-bond acceptors (Lipinski definition) is 5. The van der Waals surface area contributed by atoms with Crippen LogP contribution in [0.2, 0.25) is 5.02 Å². The summed E-state index contributed by atoms with van der Waals surface area (Å²) in [4.78, 5) is 37.7. The van der Waals surface area contributed by atoms with Gasteiger partial charge in [0, 0.05) is 16.8 Å². The number of fused-ring (bicyclic) bond motifs is 1. The van der Waals surface area contributed by atoms with Gasteiger partial charge >= 0.3 is 0 Å². The van der Waals surface area contributed by atoms with E-state index in [-0.39, 0.29) is 23.3 Å². The van der Waals surface area contributed by atoms with Crippen LogP contribution >= 0.6 is 11.6 Å². The van der Waals surface area contributed by atoms with Gasteiger partial charge in [0.2, 0.25) is 5.91 Å². The van der Waals surface area contributed by atoms with E-state index < -0.39 is 17.3 Å². The summed E-state index contributed by atoms with van der Waals surface area (Å²) in [6.07, 6.45) is 2.60. The van der Waals surface area contributed by atoms with Crippen LogP contribution in [0.3, 0.4) is 0 Å². The third-order valence-corrected chi connectivity index (χ3v) is 4.65. The number of rotatable bonds is 4. The average Bonchev–Trinajstić information content (AvgIpc) is 2.72. The molecule has 0 aliphatic rings. The Morgan fingerprint density at radius 2 is 1.93 bits per heavy atom. The topological polar surface area (TPSA) is 89.8 Å². The van der Waals surface area contributed by atoms with Gasteiger partial charge in [-0.1, -0.05) is 17.7 Å². The monoisotopic (exact) mass is 423 g/mol. The molecule has 2 aromatic heterocycles. The van der Waals surface area contributed by atoms with Crippen LogP contribution in [0.1, 0.15) is 5.56 Å². The minimum Gasteiger partial charge on any atom is -0.322 e. The van der Waals surface area contributed by atoms with Crippen LogP contribution in [0.25, 0.3) is 22.4 Å². The van der Waals surface area contributed by atoms with E-state index in [4.69, 9.17) is 11.6 Å². The molecule has 30 heavy (non-hydrogen) atoms. The van der Waals surface area contributed by atoms with E-state index in [1.807, 2.05) is 0 Å². The quantitative estimate of drug-likeness (QED) is 0.541. The molecule has 9 heteroatoms. The average molecular weight is 424 g/mol. The molecule has 2 heterocycles. The van der Waals surface area contributed by atoms with Gasteiger partial charge in [0.1, 0.15) is 24.1 Å². The largest absolute Gasteiger partial charge is 0.322 e. The number of nitrogens with zero attached hydrogens (tertiary/aromatic N) is 4. The van der Waals surface area contributed by atoms with Crippen molar-refractivity contribution in [2.45, 2.75) is 13.5 Å². The van der Waals surface area contributed by atoms with Gasteiger partial charge in [0.25, 0.3) is 5.56 Å². The van der Waals surface area contributed by atoms with Crippen LogP contribution in [0.5, 0.6) is 0 Å². The van der Waals surface area contributed by atoms with E-state index in [1.54, 1.807) is 37.3 Å². The minimum absolute atomic E-state index is 0.0448. The number of aromatic nitrogens is 4. The molecule has 4 rings (SSSR count). The van der Waals surface area contributed by atoms with Crippen LogP contribution < -0.4 is 10.9 Å². The number of carbonyl (C=O) groups excluding carboxylic acids is 1. The predicted molar refractivity (Wildman–Crippen MR) is 112 cm³/mol. The molecule has 2 aromatic carbocycles. The highest BCUT2D eigenvalue weighted by molar-refractivity contribution is 6.30. The van der Waals surface area contributed by atoms with Gasteiger partial charge in [-0.2, -0.15) is 0 Å². The van der Waals surface area contributed by atoms with Gasteiger partial charge in [0.05, 0.1) is 5.69 Å². The lowest BCUT2D eigenvalue weighted by molar-refractivity contribution is -0.116. The van der Waals surface area contributed by atoms with Crippen molar-refractivity contribution in [2.24, 2.45) is 0 Å². The Morgan fingerprint density at radius 3 is 2.67 bits per heavy atom. The summed E-state index contributed by atoms with van der Waals surface area (Å²) in [5.41, 5.74) is 1.25. The molecule has 150 valence electrons. The molecule has 0 spiro atoms. The standard InChI is InChI=1S/C21H15ClFN5O2/c1-12-2-7-17(16(23)8-12)26-18(29)10-28-11-25-20-15(21(28)30)9-24-19(27-20)13-3-5-14(22)6-4-13/h2-9,11H,10H2,1H3,(H,26,29). The molecular weight excluding hydrogens is 409 g/mol. The van der Waals surface area contributed by atoms with Crippen molar-refractivity contribution in [3.8, 4) is 11.4 Å². The maximum atomic E-state index is 13.9. The number of anilines is 1. The first-order chi connectivity index (χ1) is 14.4. The zero-order valence-corrected chi connectivity index (χ0v) is 16.5. The van der Waals surface area contributed by atoms with Crippen molar-refractivity contribution in [1.29, 1.82) is 0 Å². The molecule has 0 aliphatic heterocycles. The molecule has 0 fully saturated rings. The summed E-state index contributed by atoms with van der Waals surface area (Å²) in [5.74, 6) is -0.702. The van der Waals surface area contributed by atoms with E-state index in [2.05, 4.69) is 20.3 Å². The Hall–Kier alpha value is -3.65. The predicted octanol–water partition coefficient (Wildman–Crippen LogP) is 3.59. The molecule has 0 atom stereocenters. The van der Waals surface area contributed by atoms with Gasteiger partial charge in [-0.15, -0.1) is 0 Å². The molecular formula is C21H15ClFN5O2. The molecule has 7 nitrogen and oxygen atoms in total. The Labute approximate surface area is 175 Å². The second-order valence-corrected chi connectivity index (χ2v) is 7.08. The number of amides is 1. The van der Waals surface area contributed by atoms with Gasteiger partial charge in [-0.25, -0.2) is 19.3 Å². The highest BCUT2D eigenvalue weighted by Gasteiger charge is 2.12. The molecule has 0 saturated carbocycles. The van der Waals surface area contributed by atoms with E-state index >= 15 is 0 Å². The summed E-state index contributed by atoms with van der Waals surface area (Å²) in [6, 6.07) is 11.4. The van der Waals surface area contributed by atoms with Crippen molar-refractivity contribution in [3.63, 3.8) is 0 Å². The van der Waals surface area contributed by atoms with Crippen molar-refractivity contribution >= 4 is 34.2 Å². The first-order valence-corrected chi connectivity index (χ1v) is 9.32. The number of benzene rings is 2. The summed E-state index contributed by atoms with van der Waals surface area (Å²) in [7, 11) is 0. The fraction of sp³-hybridized carbons (Fsp3) is 0.0952. The van der Waals surface area contributed by atoms with E-state index in [0.717, 1.165) is 15.7 Å². The number of halogens is 2. The zero-order chi connectivity index (χ0) is 21.3. The number of nitrogens with one attached hydrogen (secondary N) is 1. The van der Waals surface area contributed by atoms with E-state index in [1.165, 1.54) is 24.7 Å². The van der Waals surface area contributed by atoms with Crippen LogP contribution in [-0.2, 0) is 11.3 Å². The highest BCUT2D eigenvalue weighted by atomic mass is 35.5. The number of carbonyl (C=O) groups is 1. The van der Waals surface area contributed by atoms with Crippen molar-refractivity contribution < 1.29 is 9.18 Å². The number of aryl methyl sites for hydroxylation is 1. The normalized spacial score (nSPS) is 10.9. The van der Waals surface area contributed by atoms with Crippen molar-refractivity contribution in [3.05, 3.63) is 81.7 Å². The molecule has 0 unspecified atom stereocenters. The molecule has 1 N–H and O–H groups in total. The lowest BCUT2D eigenvalue weighted by Crippen LogP contribution is -2.28. The fourth-order valence-electron chi connectivity index (χ4n) is 2.87. The first kappa shape index (κ1) is 19.7. The van der Waals surface area contributed by atoms with Crippen LogP contribution in [0.15, 0.2) is 59.8 Å². The van der Waals surface area contributed by atoms with Crippen molar-refractivity contribution in [1.82, 2.24) is 19.5 Å². The van der Waals surface area contributed by atoms with Gasteiger partial charge in [-0.3, -0.25) is 14.2 Å². The molecule has 0 bridgehead atoms. The van der Waals surface area contributed by atoms with Crippen molar-refractivity contribution in [2.75, 3.05) is 5.32 Å². The Kier molecular flexibility index (Phi) is 5.24. The second-order valence-electron chi connectivity index (χ2n) is 6.65. The summed E-state index contributed by atoms with van der Waals surface area (Å²) < 4.78 is 15.0. The van der Waals surface area contributed by atoms with Gasteiger partial charge in [-0.05, 0) is 48.9 Å². The minimum atomic E-state index is -0.556. The maximum absolute atomic E-state index is 13.9.